The largest absolute Gasteiger partial charge is 0.264 e. The summed E-state index contributed by atoms with van der Waals surface area (Å²) in [5.41, 5.74) is 1.07. The van der Waals surface area contributed by atoms with Gasteiger partial charge in [-0.3, -0.25) is 10.1 Å². The van der Waals surface area contributed by atoms with Gasteiger partial charge in [-0.2, -0.15) is 0 Å². The highest BCUT2D eigenvalue weighted by Crippen LogP contribution is 2.40. The summed E-state index contributed by atoms with van der Waals surface area (Å²) in [5, 5.41) is 11.2. The van der Waals surface area contributed by atoms with Crippen molar-refractivity contribution < 1.29 is 4.92 Å². The Bertz CT molecular complexity index is 399. The van der Waals surface area contributed by atoms with Gasteiger partial charge in [-0.15, -0.1) is 0 Å². The monoisotopic (exact) mass is 361 g/mol. The standard InChI is InChI=1S/C12H13Br2NO2/c13-10-6-9(8-4-2-1-3-5-8)12(15(16)17)7-11(10)14/h1-5,9-12H,6-7H2. The zero-order valence-corrected chi connectivity index (χ0v) is 12.3. The maximum atomic E-state index is 11.2. The molecule has 1 fully saturated rings. The van der Waals surface area contributed by atoms with E-state index in [1.807, 2.05) is 30.3 Å². The topological polar surface area (TPSA) is 43.1 Å². The van der Waals surface area contributed by atoms with E-state index >= 15 is 0 Å². The van der Waals surface area contributed by atoms with Crippen LogP contribution in [-0.2, 0) is 0 Å². The van der Waals surface area contributed by atoms with E-state index in [0.29, 0.717) is 11.2 Å². The molecule has 0 spiro atoms. The first-order valence-corrected chi connectivity index (χ1v) is 7.39. The molecule has 0 aromatic heterocycles. The van der Waals surface area contributed by atoms with Gasteiger partial charge in [0.2, 0.25) is 6.04 Å². The number of nitrogens with zero attached hydrogens (tertiary/aromatic N) is 1. The van der Waals surface area contributed by atoms with Crippen molar-refractivity contribution in [2.45, 2.75) is 34.5 Å². The minimum atomic E-state index is -0.490. The lowest BCUT2D eigenvalue weighted by atomic mass is 9.80. The van der Waals surface area contributed by atoms with Crippen molar-refractivity contribution in [2.75, 3.05) is 0 Å². The maximum Gasteiger partial charge on any atom is 0.221 e. The van der Waals surface area contributed by atoms with E-state index in [2.05, 4.69) is 31.9 Å². The number of hydrogen-bond acceptors (Lipinski definition) is 2. The average Bonchev–Trinajstić information content (AvgIpc) is 2.33. The van der Waals surface area contributed by atoms with Crippen molar-refractivity contribution >= 4 is 31.9 Å². The van der Waals surface area contributed by atoms with Crippen LogP contribution in [0.3, 0.4) is 0 Å². The van der Waals surface area contributed by atoms with E-state index in [-0.39, 0.29) is 15.7 Å². The lowest BCUT2D eigenvalue weighted by Crippen LogP contribution is -2.39. The smallest absolute Gasteiger partial charge is 0.221 e. The van der Waals surface area contributed by atoms with Crippen LogP contribution in [0.4, 0.5) is 0 Å². The molecule has 92 valence electrons. The summed E-state index contributed by atoms with van der Waals surface area (Å²) >= 11 is 7.11. The molecule has 0 amide bonds. The second kappa shape index (κ2) is 5.48. The second-order valence-electron chi connectivity index (χ2n) is 4.37. The molecule has 4 unspecified atom stereocenters. The minimum Gasteiger partial charge on any atom is -0.264 e. The predicted octanol–water partition coefficient (Wildman–Crippen LogP) is 3.74. The highest BCUT2D eigenvalue weighted by atomic mass is 79.9. The minimum absolute atomic E-state index is 0.00405. The molecule has 0 radical (unpaired) electrons. The maximum absolute atomic E-state index is 11.2. The summed E-state index contributed by atoms with van der Waals surface area (Å²) in [7, 11) is 0. The molecule has 3 nitrogen and oxygen atoms in total. The van der Waals surface area contributed by atoms with Gasteiger partial charge >= 0.3 is 0 Å². The lowest BCUT2D eigenvalue weighted by molar-refractivity contribution is -0.529. The first kappa shape index (κ1) is 13.0. The summed E-state index contributed by atoms with van der Waals surface area (Å²) in [6.45, 7) is 0. The first-order valence-electron chi connectivity index (χ1n) is 5.56. The average molecular weight is 363 g/mol. The van der Waals surface area contributed by atoms with Crippen molar-refractivity contribution in [2.24, 2.45) is 0 Å². The highest BCUT2D eigenvalue weighted by molar-refractivity contribution is 9.12. The zero-order valence-electron chi connectivity index (χ0n) is 9.13. The number of alkyl halides is 2. The Morgan fingerprint density at radius 2 is 1.71 bits per heavy atom. The van der Waals surface area contributed by atoms with Gasteiger partial charge in [0.25, 0.3) is 0 Å². The Morgan fingerprint density at radius 3 is 2.29 bits per heavy atom. The summed E-state index contributed by atoms with van der Waals surface area (Å²) in [6.07, 6.45) is 1.37. The van der Waals surface area contributed by atoms with E-state index in [4.69, 9.17) is 0 Å². The van der Waals surface area contributed by atoms with Crippen LogP contribution < -0.4 is 0 Å². The van der Waals surface area contributed by atoms with Gasteiger partial charge in [-0.05, 0) is 12.0 Å². The van der Waals surface area contributed by atoms with Crippen molar-refractivity contribution in [1.82, 2.24) is 0 Å². The van der Waals surface area contributed by atoms with Crippen molar-refractivity contribution in [3.8, 4) is 0 Å². The van der Waals surface area contributed by atoms with Gasteiger partial charge in [0, 0.05) is 21.0 Å². The summed E-state index contributed by atoms with van der Waals surface area (Å²) < 4.78 is 0. The Kier molecular flexibility index (Phi) is 4.20. The van der Waals surface area contributed by atoms with E-state index in [1.54, 1.807) is 0 Å². The molecular formula is C12H13Br2NO2. The Labute approximate surface area is 117 Å². The van der Waals surface area contributed by atoms with Crippen LogP contribution >= 0.6 is 31.9 Å². The Morgan fingerprint density at radius 1 is 1.12 bits per heavy atom. The van der Waals surface area contributed by atoms with Gasteiger partial charge in [0.05, 0.1) is 5.92 Å². The number of benzene rings is 1. The van der Waals surface area contributed by atoms with E-state index in [9.17, 15) is 10.1 Å². The molecule has 0 heterocycles. The third kappa shape index (κ3) is 2.88. The van der Waals surface area contributed by atoms with E-state index in [1.165, 1.54) is 0 Å². The normalized spacial score (nSPS) is 33.3. The van der Waals surface area contributed by atoms with E-state index < -0.39 is 6.04 Å². The number of hydrogen-bond donors (Lipinski definition) is 0. The molecule has 1 aromatic carbocycles. The third-order valence-corrected chi connectivity index (χ3v) is 6.03. The molecule has 0 N–H and O–H groups in total. The van der Waals surface area contributed by atoms with Crippen molar-refractivity contribution in [3.63, 3.8) is 0 Å². The molecular weight excluding hydrogens is 350 g/mol. The lowest BCUT2D eigenvalue weighted by Gasteiger charge is -2.32. The molecule has 5 heteroatoms. The van der Waals surface area contributed by atoms with Crippen LogP contribution in [0.5, 0.6) is 0 Å². The van der Waals surface area contributed by atoms with Crippen molar-refractivity contribution in [3.05, 3.63) is 46.0 Å². The van der Waals surface area contributed by atoms with Crippen LogP contribution in [0.1, 0.15) is 24.3 Å². The van der Waals surface area contributed by atoms with Gasteiger partial charge in [0.15, 0.2) is 0 Å². The Balaban J connectivity index is 2.26. The van der Waals surface area contributed by atoms with Crippen LogP contribution in [-0.4, -0.2) is 20.6 Å². The number of halogens is 2. The molecule has 0 aliphatic heterocycles. The predicted molar refractivity (Wildman–Crippen MR) is 74.6 cm³/mol. The molecule has 1 aliphatic rings. The van der Waals surface area contributed by atoms with E-state index in [0.717, 1.165) is 12.0 Å². The van der Waals surface area contributed by atoms with Crippen LogP contribution in [0, 0.1) is 10.1 Å². The van der Waals surface area contributed by atoms with Crippen LogP contribution in [0.2, 0.25) is 0 Å². The molecule has 17 heavy (non-hydrogen) atoms. The van der Waals surface area contributed by atoms with Gasteiger partial charge in [-0.1, -0.05) is 62.2 Å². The second-order valence-corrected chi connectivity index (χ2v) is 6.73. The number of rotatable bonds is 2. The quantitative estimate of drug-likeness (QED) is 0.457. The third-order valence-electron chi connectivity index (χ3n) is 3.30. The molecule has 0 saturated heterocycles. The molecule has 4 atom stereocenters. The highest BCUT2D eigenvalue weighted by Gasteiger charge is 2.42. The molecule has 1 saturated carbocycles. The fraction of sp³-hybridized carbons (Fsp3) is 0.500. The van der Waals surface area contributed by atoms with Crippen molar-refractivity contribution in [1.29, 1.82) is 0 Å². The first-order chi connectivity index (χ1) is 8.09. The van der Waals surface area contributed by atoms with Crippen LogP contribution in [0.15, 0.2) is 30.3 Å². The molecule has 2 rings (SSSR count). The number of nitro groups is 1. The van der Waals surface area contributed by atoms with Gasteiger partial charge < -0.3 is 0 Å². The Hall–Kier alpha value is -0.420. The SMILES string of the molecule is O=[N+]([O-])C1CC(Br)C(Br)CC1c1ccccc1. The summed E-state index contributed by atoms with van der Waals surface area (Å²) in [6, 6.07) is 9.29. The van der Waals surface area contributed by atoms with Gasteiger partial charge in [0.1, 0.15) is 0 Å². The molecule has 1 aliphatic carbocycles. The summed E-state index contributed by atoms with van der Waals surface area (Å²) in [4.78, 5) is 11.5. The zero-order chi connectivity index (χ0) is 12.4. The fourth-order valence-electron chi connectivity index (χ4n) is 2.38. The molecule has 0 bridgehead atoms. The fourth-order valence-corrected chi connectivity index (χ4v) is 3.60. The van der Waals surface area contributed by atoms with Gasteiger partial charge in [-0.25, -0.2) is 0 Å². The summed E-state index contributed by atoms with van der Waals surface area (Å²) in [5.74, 6) is 0.00405. The van der Waals surface area contributed by atoms with Crippen LogP contribution in [0.25, 0.3) is 0 Å². The molecule has 1 aromatic rings.